The molecule has 1 unspecified atom stereocenters. The Morgan fingerprint density at radius 1 is 1.45 bits per heavy atom. The van der Waals surface area contributed by atoms with Gasteiger partial charge >= 0.3 is 0 Å². The van der Waals surface area contributed by atoms with Crippen LogP contribution in [0.15, 0.2) is 30.3 Å². The van der Waals surface area contributed by atoms with Gasteiger partial charge in [0.25, 0.3) is 0 Å². The Bertz CT molecular complexity index is 414. The second kappa shape index (κ2) is 8.29. The fourth-order valence-electron chi connectivity index (χ4n) is 2.30. The van der Waals surface area contributed by atoms with E-state index in [1.165, 1.54) is 17.3 Å². The Balaban J connectivity index is 1.75. The second-order valence-corrected chi connectivity index (χ2v) is 5.82. The molecule has 0 bridgehead atoms. The normalized spacial score (nSPS) is 19.8. The van der Waals surface area contributed by atoms with E-state index in [4.69, 9.17) is 4.74 Å². The molecule has 1 heterocycles. The van der Waals surface area contributed by atoms with Gasteiger partial charge in [-0.1, -0.05) is 30.3 Å². The molecule has 20 heavy (non-hydrogen) atoms. The van der Waals surface area contributed by atoms with Crippen LogP contribution < -0.4 is 5.32 Å². The molecule has 0 aliphatic carbocycles. The fourth-order valence-corrected chi connectivity index (χ4v) is 2.66. The van der Waals surface area contributed by atoms with E-state index in [1.807, 2.05) is 12.3 Å². The number of amides is 1. The summed E-state index contributed by atoms with van der Waals surface area (Å²) >= 11 is 1.54. The van der Waals surface area contributed by atoms with Gasteiger partial charge in [-0.25, -0.2) is 0 Å². The summed E-state index contributed by atoms with van der Waals surface area (Å²) in [4.78, 5) is 13.8. The summed E-state index contributed by atoms with van der Waals surface area (Å²) in [5.41, 5.74) is 1.32. The van der Waals surface area contributed by atoms with Gasteiger partial charge in [0.15, 0.2) is 0 Å². The molecule has 0 radical (unpaired) electrons. The van der Waals surface area contributed by atoms with Crippen LogP contribution in [0.3, 0.4) is 0 Å². The number of nitrogens with one attached hydrogen (secondary N) is 1. The molecule has 1 aromatic carbocycles. The second-order valence-electron chi connectivity index (χ2n) is 4.95. The highest BCUT2D eigenvalue weighted by molar-refractivity contribution is 7.99. The van der Waals surface area contributed by atoms with Crippen LogP contribution in [0, 0.1) is 0 Å². The number of nitrogens with zero attached hydrogens (tertiary/aromatic N) is 1. The number of hydrogen-bond acceptors (Lipinski definition) is 4. The number of carbonyl (C=O) groups excluding carboxylic acids is 1. The van der Waals surface area contributed by atoms with E-state index in [0.717, 1.165) is 26.2 Å². The van der Waals surface area contributed by atoms with Crippen molar-refractivity contribution < 1.29 is 9.53 Å². The zero-order valence-electron chi connectivity index (χ0n) is 11.9. The van der Waals surface area contributed by atoms with Crippen LogP contribution >= 0.6 is 11.8 Å². The summed E-state index contributed by atoms with van der Waals surface area (Å²) in [7, 11) is 0. The summed E-state index contributed by atoms with van der Waals surface area (Å²) in [6, 6.07) is 10.5. The fraction of sp³-hybridized carbons (Fsp3) is 0.533. The summed E-state index contributed by atoms with van der Waals surface area (Å²) in [5, 5.41) is 2.93. The van der Waals surface area contributed by atoms with E-state index in [2.05, 4.69) is 34.5 Å². The molecule has 1 amide bonds. The molecule has 1 aliphatic rings. The first kappa shape index (κ1) is 15.4. The third-order valence-electron chi connectivity index (χ3n) is 3.27. The molecule has 0 aromatic heterocycles. The standard InChI is InChI=1S/C15H22N2O2S/c1-20-12-15(18)16-9-14-11-17(7-8-19-14)10-13-5-3-2-4-6-13/h2-6,14H,7-12H2,1H3,(H,16,18). The molecule has 1 fully saturated rings. The Hall–Kier alpha value is -1.04. The third kappa shape index (κ3) is 5.15. The maximum atomic E-state index is 11.5. The molecule has 1 aliphatic heterocycles. The number of benzene rings is 1. The average molecular weight is 294 g/mol. The lowest BCUT2D eigenvalue weighted by Gasteiger charge is -2.33. The lowest BCUT2D eigenvalue weighted by atomic mass is 10.2. The van der Waals surface area contributed by atoms with Crippen LogP contribution in [-0.4, -0.2) is 55.2 Å². The monoisotopic (exact) mass is 294 g/mol. The summed E-state index contributed by atoms with van der Waals surface area (Å²) in [6.07, 6.45) is 2.02. The predicted octanol–water partition coefficient (Wildman–Crippen LogP) is 1.37. The van der Waals surface area contributed by atoms with Gasteiger partial charge < -0.3 is 10.1 Å². The molecule has 4 nitrogen and oxygen atoms in total. The van der Waals surface area contributed by atoms with Crippen LogP contribution in [0.2, 0.25) is 0 Å². The summed E-state index contributed by atoms with van der Waals surface area (Å²) in [5.74, 6) is 0.599. The van der Waals surface area contributed by atoms with Crippen molar-refractivity contribution in [2.75, 3.05) is 38.2 Å². The van der Waals surface area contributed by atoms with Gasteiger partial charge in [0.1, 0.15) is 0 Å². The smallest absolute Gasteiger partial charge is 0.230 e. The van der Waals surface area contributed by atoms with Crippen molar-refractivity contribution in [3.8, 4) is 0 Å². The Kier molecular flexibility index (Phi) is 6.36. The Labute approximate surface area is 124 Å². The molecule has 2 rings (SSSR count). The number of carbonyl (C=O) groups is 1. The van der Waals surface area contributed by atoms with Gasteiger partial charge in [-0.15, -0.1) is 0 Å². The highest BCUT2D eigenvalue weighted by Crippen LogP contribution is 2.10. The lowest BCUT2D eigenvalue weighted by molar-refractivity contribution is -0.119. The predicted molar refractivity (Wildman–Crippen MR) is 82.9 cm³/mol. The van der Waals surface area contributed by atoms with Crippen LogP contribution in [0.5, 0.6) is 0 Å². The molecule has 110 valence electrons. The number of morpholine rings is 1. The van der Waals surface area contributed by atoms with Crippen molar-refractivity contribution in [2.45, 2.75) is 12.6 Å². The topological polar surface area (TPSA) is 41.6 Å². The van der Waals surface area contributed by atoms with E-state index < -0.39 is 0 Å². The average Bonchev–Trinajstić information content (AvgIpc) is 2.47. The van der Waals surface area contributed by atoms with Gasteiger partial charge in [-0.05, 0) is 11.8 Å². The number of ether oxygens (including phenoxy) is 1. The zero-order chi connectivity index (χ0) is 14.2. The maximum absolute atomic E-state index is 11.5. The minimum atomic E-state index is 0.0845. The highest BCUT2D eigenvalue weighted by Gasteiger charge is 2.20. The quantitative estimate of drug-likeness (QED) is 0.860. The van der Waals surface area contributed by atoms with Gasteiger partial charge in [-0.2, -0.15) is 11.8 Å². The molecular formula is C15H22N2O2S. The van der Waals surface area contributed by atoms with Crippen molar-refractivity contribution in [3.05, 3.63) is 35.9 Å². The van der Waals surface area contributed by atoms with E-state index in [1.54, 1.807) is 0 Å². The van der Waals surface area contributed by atoms with E-state index in [0.29, 0.717) is 12.3 Å². The van der Waals surface area contributed by atoms with Crippen molar-refractivity contribution in [1.29, 1.82) is 0 Å². The van der Waals surface area contributed by atoms with Crippen LogP contribution in [0.1, 0.15) is 5.56 Å². The zero-order valence-corrected chi connectivity index (χ0v) is 12.7. The van der Waals surface area contributed by atoms with E-state index >= 15 is 0 Å². The number of hydrogen-bond donors (Lipinski definition) is 1. The molecule has 1 saturated heterocycles. The SMILES string of the molecule is CSCC(=O)NCC1CN(Cc2ccccc2)CCO1. The molecule has 5 heteroatoms. The molecule has 0 saturated carbocycles. The van der Waals surface area contributed by atoms with Crippen molar-refractivity contribution >= 4 is 17.7 Å². The molecule has 0 spiro atoms. The first-order valence-corrected chi connectivity index (χ1v) is 8.31. The van der Waals surface area contributed by atoms with Gasteiger partial charge in [0, 0.05) is 26.2 Å². The van der Waals surface area contributed by atoms with Crippen LogP contribution in [0.25, 0.3) is 0 Å². The molecule has 1 N–H and O–H groups in total. The minimum Gasteiger partial charge on any atom is -0.374 e. The first-order chi connectivity index (χ1) is 9.78. The maximum Gasteiger partial charge on any atom is 0.230 e. The van der Waals surface area contributed by atoms with Crippen molar-refractivity contribution in [2.24, 2.45) is 0 Å². The Morgan fingerprint density at radius 2 is 2.25 bits per heavy atom. The summed E-state index contributed by atoms with van der Waals surface area (Å²) < 4.78 is 5.71. The third-order valence-corrected chi connectivity index (χ3v) is 3.83. The van der Waals surface area contributed by atoms with E-state index in [9.17, 15) is 4.79 Å². The molecule has 1 aromatic rings. The summed E-state index contributed by atoms with van der Waals surface area (Å²) in [6.45, 7) is 4.10. The molecule has 1 atom stereocenters. The van der Waals surface area contributed by atoms with Gasteiger partial charge in [0.05, 0.1) is 18.5 Å². The first-order valence-electron chi connectivity index (χ1n) is 6.91. The van der Waals surface area contributed by atoms with E-state index in [-0.39, 0.29) is 12.0 Å². The van der Waals surface area contributed by atoms with Crippen molar-refractivity contribution in [3.63, 3.8) is 0 Å². The lowest BCUT2D eigenvalue weighted by Crippen LogP contribution is -2.47. The van der Waals surface area contributed by atoms with Crippen molar-refractivity contribution in [1.82, 2.24) is 10.2 Å². The highest BCUT2D eigenvalue weighted by atomic mass is 32.2. The Morgan fingerprint density at radius 3 is 3.00 bits per heavy atom. The largest absolute Gasteiger partial charge is 0.374 e. The number of thioether (sulfide) groups is 1. The van der Waals surface area contributed by atoms with Gasteiger partial charge in [-0.3, -0.25) is 9.69 Å². The van der Waals surface area contributed by atoms with Gasteiger partial charge in [0.2, 0.25) is 5.91 Å². The van der Waals surface area contributed by atoms with Crippen LogP contribution in [-0.2, 0) is 16.1 Å². The minimum absolute atomic E-state index is 0.0845. The molecular weight excluding hydrogens is 272 g/mol. The number of rotatable bonds is 6. The van der Waals surface area contributed by atoms with Crippen LogP contribution in [0.4, 0.5) is 0 Å².